The third kappa shape index (κ3) is 18.7. The van der Waals surface area contributed by atoms with E-state index in [1.54, 1.807) is 7.11 Å². The lowest BCUT2D eigenvalue weighted by Crippen LogP contribution is -2.10. The molecule has 1 aromatic rings. The van der Waals surface area contributed by atoms with Crippen LogP contribution in [-0.4, -0.2) is 24.8 Å². The molecule has 0 saturated carbocycles. The van der Waals surface area contributed by atoms with E-state index in [1.165, 1.54) is 103 Å². The highest BCUT2D eigenvalue weighted by Crippen LogP contribution is 2.21. The molecular weight excluding hydrogens is 448 g/mol. The van der Waals surface area contributed by atoms with Crippen LogP contribution in [0.5, 0.6) is 5.75 Å². The minimum absolute atomic E-state index is 0.152. The maximum Gasteiger partial charge on any atom is 0.306 e. The first-order valence-electron chi connectivity index (χ1n) is 15.1. The summed E-state index contributed by atoms with van der Waals surface area (Å²) in [5.41, 5.74) is 0.962. The van der Waals surface area contributed by atoms with Crippen molar-refractivity contribution in [3.8, 4) is 5.75 Å². The van der Waals surface area contributed by atoms with Crippen molar-refractivity contribution in [2.75, 3.05) is 13.7 Å². The highest BCUT2D eigenvalue weighted by atomic mass is 16.5. The Morgan fingerprint density at radius 2 is 1.22 bits per heavy atom. The Kier molecular flexibility index (Phi) is 21.5. The van der Waals surface area contributed by atoms with Gasteiger partial charge in [0.2, 0.25) is 0 Å². The van der Waals surface area contributed by atoms with E-state index in [0.29, 0.717) is 18.9 Å². The molecule has 0 aromatic heterocycles. The number of aliphatic hydroxyl groups excluding tert-OH is 1. The molecule has 0 aliphatic rings. The Labute approximate surface area is 222 Å². The number of esters is 1. The molecule has 1 atom stereocenters. The SMILES string of the molecule is CCCCCCCCCCCCCCCCCCC(CCO)CCC(=O)OCc1ccc(OC)cc1. The Morgan fingerprint density at radius 3 is 1.69 bits per heavy atom. The molecule has 0 bridgehead atoms. The summed E-state index contributed by atoms with van der Waals surface area (Å²) in [5.74, 6) is 1.06. The molecule has 0 radical (unpaired) electrons. The second-order valence-corrected chi connectivity index (χ2v) is 10.5. The van der Waals surface area contributed by atoms with E-state index < -0.39 is 0 Å². The lowest BCUT2D eigenvalue weighted by atomic mass is 9.93. The highest BCUT2D eigenvalue weighted by Gasteiger charge is 2.12. The first-order valence-corrected chi connectivity index (χ1v) is 15.1. The van der Waals surface area contributed by atoms with Crippen molar-refractivity contribution in [1.82, 2.24) is 0 Å². The summed E-state index contributed by atoms with van der Waals surface area (Å²) >= 11 is 0. The van der Waals surface area contributed by atoms with E-state index in [0.717, 1.165) is 30.6 Å². The summed E-state index contributed by atoms with van der Waals surface area (Å²) in [6, 6.07) is 7.58. The van der Waals surface area contributed by atoms with Crippen molar-refractivity contribution in [2.24, 2.45) is 5.92 Å². The minimum atomic E-state index is -0.152. The van der Waals surface area contributed by atoms with Gasteiger partial charge in [0.05, 0.1) is 7.11 Å². The van der Waals surface area contributed by atoms with Crippen molar-refractivity contribution in [3.63, 3.8) is 0 Å². The molecule has 1 rings (SSSR count). The topological polar surface area (TPSA) is 55.8 Å². The Bertz CT molecular complexity index is 613. The van der Waals surface area contributed by atoms with Gasteiger partial charge in [-0.05, 0) is 36.5 Å². The molecule has 0 aliphatic carbocycles. The molecule has 0 aliphatic heterocycles. The smallest absolute Gasteiger partial charge is 0.306 e. The minimum Gasteiger partial charge on any atom is -0.497 e. The third-order valence-electron chi connectivity index (χ3n) is 7.32. The molecule has 4 nitrogen and oxygen atoms in total. The van der Waals surface area contributed by atoms with Crippen LogP contribution in [0, 0.1) is 5.92 Å². The molecule has 208 valence electrons. The summed E-state index contributed by atoms with van der Waals surface area (Å²) in [6.45, 7) is 2.78. The summed E-state index contributed by atoms with van der Waals surface area (Å²) in [4.78, 5) is 12.2. The van der Waals surface area contributed by atoms with E-state index in [4.69, 9.17) is 9.47 Å². The van der Waals surface area contributed by atoms with Gasteiger partial charge in [-0.2, -0.15) is 0 Å². The lowest BCUT2D eigenvalue weighted by molar-refractivity contribution is -0.145. The van der Waals surface area contributed by atoms with Crippen LogP contribution in [-0.2, 0) is 16.1 Å². The van der Waals surface area contributed by atoms with E-state index in [9.17, 15) is 9.90 Å². The van der Waals surface area contributed by atoms with E-state index in [1.807, 2.05) is 24.3 Å². The molecule has 1 N–H and O–H groups in total. The monoisotopic (exact) mass is 504 g/mol. The Balaban J connectivity index is 1.96. The number of rotatable bonds is 25. The fraction of sp³-hybridized carbons (Fsp3) is 0.781. The molecule has 4 heteroatoms. The van der Waals surface area contributed by atoms with Gasteiger partial charge >= 0.3 is 5.97 Å². The Morgan fingerprint density at radius 1 is 0.722 bits per heavy atom. The fourth-order valence-electron chi connectivity index (χ4n) is 4.88. The van der Waals surface area contributed by atoms with Crippen LogP contribution in [0.4, 0.5) is 0 Å². The second kappa shape index (κ2) is 23.8. The number of aliphatic hydroxyl groups is 1. The van der Waals surface area contributed by atoms with Crippen LogP contribution < -0.4 is 4.74 Å². The molecule has 1 aromatic carbocycles. The number of benzene rings is 1. The number of carbonyl (C=O) groups excluding carboxylic acids is 1. The number of carbonyl (C=O) groups is 1. The summed E-state index contributed by atoms with van der Waals surface area (Å²) in [7, 11) is 1.64. The van der Waals surface area contributed by atoms with Crippen LogP contribution in [0.3, 0.4) is 0 Å². The zero-order chi connectivity index (χ0) is 26.1. The molecule has 0 fully saturated rings. The van der Waals surface area contributed by atoms with E-state index >= 15 is 0 Å². The Hall–Kier alpha value is -1.55. The lowest BCUT2D eigenvalue weighted by Gasteiger charge is -2.15. The standard InChI is InChI=1S/C32H56O4/c1-3-4-5-6-7-8-9-10-11-12-13-14-15-16-17-18-19-29(26-27-33)22-25-32(34)36-28-30-20-23-31(35-2)24-21-30/h20-21,23-24,29,33H,3-19,22,25-28H2,1-2H3. The molecule has 36 heavy (non-hydrogen) atoms. The molecule has 0 saturated heterocycles. The maximum absolute atomic E-state index is 12.2. The number of methoxy groups -OCH3 is 1. The average molecular weight is 505 g/mol. The van der Waals surface area contributed by atoms with Gasteiger partial charge in [-0.15, -0.1) is 0 Å². The largest absolute Gasteiger partial charge is 0.497 e. The van der Waals surface area contributed by atoms with Crippen LogP contribution in [0.2, 0.25) is 0 Å². The van der Waals surface area contributed by atoms with Crippen LogP contribution in [0.1, 0.15) is 141 Å². The molecule has 0 amide bonds. The number of hydrogen-bond donors (Lipinski definition) is 1. The molecular formula is C32H56O4. The van der Waals surface area contributed by atoms with Crippen molar-refractivity contribution < 1.29 is 19.4 Å². The quantitative estimate of drug-likeness (QED) is 0.106. The van der Waals surface area contributed by atoms with Crippen LogP contribution >= 0.6 is 0 Å². The van der Waals surface area contributed by atoms with Gasteiger partial charge in [0.25, 0.3) is 0 Å². The van der Waals surface area contributed by atoms with Gasteiger partial charge in [0, 0.05) is 13.0 Å². The number of ether oxygens (including phenoxy) is 2. The van der Waals surface area contributed by atoms with Crippen molar-refractivity contribution in [3.05, 3.63) is 29.8 Å². The van der Waals surface area contributed by atoms with Crippen molar-refractivity contribution >= 4 is 5.97 Å². The zero-order valence-electron chi connectivity index (χ0n) is 23.6. The van der Waals surface area contributed by atoms with Crippen molar-refractivity contribution in [2.45, 2.75) is 142 Å². The maximum atomic E-state index is 12.2. The average Bonchev–Trinajstić information content (AvgIpc) is 2.90. The van der Waals surface area contributed by atoms with Gasteiger partial charge in [-0.3, -0.25) is 4.79 Å². The zero-order valence-corrected chi connectivity index (χ0v) is 23.6. The van der Waals surface area contributed by atoms with E-state index in [2.05, 4.69) is 6.92 Å². The predicted octanol–water partition coefficient (Wildman–Crippen LogP) is 9.17. The highest BCUT2D eigenvalue weighted by molar-refractivity contribution is 5.69. The molecule has 0 heterocycles. The number of unbranched alkanes of at least 4 members (excludes halogenated alkanes) is 15. The van der Waals surface area contributed by atoms with Gasteiger partial charge < -0.3 is 14.6 Å². The first kappa shape index (κ1) is 32.5. The summed E-state index contributed by atoms with van der Waals surface area (Å²) < 4.78 is 10.6. The van der Waals surface area contributed by atoms with Gasteiger partial charge in [0.1, 0.15) is 12.4 Å². The van der Waals surface area contributed by atoms with Crippen LogP contribution in [0.25, 0.3) is 0 Å². The van der Waals surface area contributed by atoms with Gasteiger partial charge in [0.15, 0.2) is 0 Å². The second-order valence-electron chi connectivity index (χ2n) is 10.5. The van der Waals surface area contributed by atoms with Crippen LogP contribution in [0.15, 0.2) is 24.3 Å². The molecule has 0 spiro atoms. The summed E-state index contributed by atoms with van der Waals surface area (Å²) in [5, 5.41) is 9.41. The van der Waals surface area contributed by atoms with Gasteiger partial charge in [-0.1, -0.05) is 128 Å². The fourth-order valence-corrected chi connectivity index (χ4v) is 4.88. The van der Waals surface area contributed by atoms with E-state index in [-0.39, 0.29) is 12.6 Å². The number of hydrogen-bond acceptors (Lipinski definition) is 4. The van der Waals surface area contributed by atoms with Crippen molar-refractivity contribution in [1.29, 1.82) is 0 Å². The third-order valence-corrected chi connectivity index (χ3v) is 7.32. The normalized spacial score (nSPS) is 12.0. The molecule has 1 unspecified atom stereocenters. The predicted molar refractivity (Wildman–Crippen MR) is 151 cm³/mol. The summed E-state index contributed by atoms with van der Waals surface area (Å²) in [6.07, 6.45) is 25.2. The first-order chi connectivity index (χ1) is 17.7. The van der Waals surface area contributed by atoms with Gasteiger partial charge in [-0.25, -0.2) is 0 Å².